The molecule has 0 N–H and O–H groups in total. The standard InChI is InChI=1S/C13H18O/c1-10(2)14-13-8-7-11-5-3-4-6-12(11)9-13/h4,6,9-10H,3,5,7-8H2,1-2H3. The van der Waals surface area contributed by atoms with E-state index in [0.717, 1.165) is 12.2 Å². The Balaban J connectivity index is 2.13. The Bertz CT molecular complexity index is 305. The van der Waals surface area contributed by atoms with Gasteiger partial charge in [0.1, 0.15) is 0 Å². The second-order valence-corrected chi connectivity index (χ2v) is 4.28. The Kier molecular flexibility index (Phi) is 2.76. The molecule has 0 aliphatic heterocycles. The SMILES string of the molecule is CC(C)OC1=CC2=C(CCC=C2)CC1. The van der Waals surface area contributed by atoms with E-state index in [2.05, 4.69) is 32.1 Å². The Morgan fingerprint density at radius 3 is 2.86 bits per heavy atom. The first-order chi connectivity index (χ1) is 6.75. The van der Waals surface area contributed by atoms with Crippen LogP contribution in [0.1, 0.15) is 39.5 Å². The second-order valence-electron chi connectivity index (χ2n) is 4.28. The lowest BCUT2D eigenvalue weighted by Gasteiger charge is -2.22. The third kappa shape index (κ3) is 2.09. The number of hydrogen-bond donors (Lipinski definition) is 0. The predicted octanol–water partition coefficient (Wildman–Crippen LogP) is 3.74. The van der Waals surface area contributed by atoms with E-state index in [1.807, 2.05) is 0 Å². The Labute approximate surface area is 86.2 Å². The van der Waals surface area contributed by atoms with Crippen molar-refractivity contribution >= 4 is 0 Å². The van der Waals surface area contributed by atoms with Crippen LogP contribution in [0.15, 0.2) is 35.1 Å². The molecule has 0 unspecified atom stereocenters. The fourth-order valence-electron chi connectivity index (χ4n) is 2.06. The van der Waals surface area contributed by atoms with Gasteiger partial charge in [-0.1, -0.05) is 17.7 Å². The van der Waals surface area contributed by atoms with Crippen LogP contribution in [0, 0.1) is 0 Å². The zero-order valence-corrected chi connectivity index (χ0v) is 9.05. The number of rotatable bonds is 2. The second kappa shape index (κ2) is 4.04. The summed E-state index contributed by atoms with van der Waals surface area (Å²) in [7, 11) is 0. The van der Waals surface area contributed by atoms with Crippen molar-refractivity contribution in [2.24, 2.45) is 0 Å². The lowest BCUT2D eigenvalue weighted by atomic mass is 9.89. The lowest BCUT2D eigenvalue weighted by Crippen LogP contribution is -2.07. The molecule has 0 bridgehead atoms. The molecule has 14 heavy (non-hydrogen) atoms. The third-order valence-electron chi connectivity index (χ3n) is 2.70. The molecule has 0 aromatic heterocycles. The van der Waals surface area contributed by atoms with Crippen LogP contribution in [-0.2, 0) is 4.74 Å². The summed E-state index contributed by atoms with van der Waals surface area (Å²) in [5, 5.41) is 0. The Morgan fingerprint density at radius 2 is 2.07 bits per heavy atom. The average molecular weight is 190 g/mol. The van der Waals surface area contributed by atoms with Crippen LogP contribution in [-0.4, -0.2) is 6.10 Å². The average Bonchev–Trinajstić information content (AvgIpc) is 2.17. The maximum Gasteiger partial charge on any atom is 0.0972 e. The van der Waals surface area contributed by atoms with Crippen LogP contribution in [0.25, 0.3) is 0 Å². The first kappa shape index (κ1) is 9.57. The molecular formula is C13H18O. The highest BCUT2D eigenvalue weighted by Gasteiger charge is 2.14. The van der Waals surface area contributed by atoms with Gasteiger partial charge in [-0.05, 0) is 44.8 Å². The largest absolute Gasteiger partial charge is 0.495 e. The van der Waals surface area contributed by atoms with E-state index in [1.165, 1.54) is 24.8 Å². The molecule has 0 aromatic carbocycles. The van der Waals surface area contributed by atoms with Crippen molar-refractivity contribution in [3.63, 3.8) is 0 Å². The van der Waals surface area contributed by atoms with E-state index >= 15 is 0 Å². The van der Waals surface area contributed by atoms with Gasteiger partial charge in [0.15, 0.2) is 0 Å². The molecule has 0 fully saturated rings. The molecule has 1 nitrogen and oxygen atoms in total. The topological polar surface area (TPSA) is 9.23 Å². The maximum atomic E-state index is 5.73. The van der Waals surface area contributed by atoms with Gasteiger partial charge in [-0.3, -0.25) is 0 Å². The first-order valence-electron chi connectivity index (χ1n) is 5.51. The first-order valence-corrected chi connectivity index (χ1v) is 5.51. The summed E-state index contributed by atoms with van der Waals surface area (Å²) in [6.07, 6.45) is 11.8. The van der Waals surface area contributed by atoms with E-state index in [9.17, 15) is 0 Å². The van der Waals surface area contributed by atoms with E-state index < -0.39 is 0 Å². The summed E-state index contributed by atoms with van der Waals surface area (Å²) >= 11 is 0. The monoisotopic (exact) mass is 190 g/mol. The Morgan fingerprint density at radius 1 is 1.21 bits per heavy atom. The molecule has 0 saturated heterocycles. The molecule has 0 heterocycles. The molecule has 2 rings (SSSR count). The fraction of sp³-hybridized carbons (Fsp3) is 0.538. The Hall–Kier alpha value is -0.980. The van der Waals surface area contributed by atoms with Crippen molar-refractivity contribution in [1.29, 1.82) is 0 Å². The lowest BCUT2D eigenvalue weighted by molar-refractivity contribution is 0.138. The molecule has 2 aliphatic carbocycles. The van der Waals surface area contributed by atoms with Crippen molar-refractivity contribution in [2.75, 3.05) is 0 Å². The summed E-state index contributed by atoms with van der Waals surface area (Å²) in [4.78, 5) is 0. The highest BCUT2D eigenvalue weighted by Crippen LogP contribution is 2.31. The van der Waals surface area contributed by atoms with Gasteiger partial charge < -0.3 is 4.74 Å². The normalized spacial score (nSPS) is 20.9. The van der Waals surface area contributed by atoms with E-state index in [-0.39, 0.29) is 0 Å². The van der Waals surface area contributed by atoms with Gasteiger partial charge in [-0.25, -0.2) is 0 Å². The maximum absolute atomic E-state index is 5.73. The van der Waals surface area contributed by atoms with E-state index in [1.54, 1.807) is 5.57 Å². The third-order valence-corrected chi connectivity index (χ3v) is 2.70. The minimum absolute atomic E-state index is 0.302. The van der Waals surface area contributed by atoms with Crippen LogP contribution in [0.5, 0.6) is 0 Å². The zero-order valence-electron chi connectivity index (χ0n) is 9.05. The minimum Gasteiger partial charge on any atom is -0.495 e. The summed E-state index contributed by atoms with van der Waals surface area (Å²) in [6, 6.07) is 0. The van der Waals surface area contributed by atoms with Gasteiger partial charge in [0, 0.05) is 6.42 Å². The molecular weight excluding hydrogens is 172 g/mol. The molecule has 0 radical (unpaired) electrons. The molecule has 1 heteroatoms. The molecule has 2 aliphatic rings. The van der Waals surface area contributed by atoms with Crippen LogP contribution in [0.3, 0.4) is 0 Å². The molecule has 0 saturated carbocycles. The molecule has 0 aromatic rings. The zero-order chi connectivity index (χ0) is 9.97. The summed E-state index contributed by atoms with van der Waals surface area (Å²) in [5.74, 6) is 1.16. The molecule has 0 amide bonds. The van der Waals surface area contributed by atoms with Crippen molar-refractivity contribution in [3.05, 3.63) is 35.1 Å². The molecule has 76 valence electrons. The van der Waals surface area contributed by atoms with Gasteiger partial charge in [-0.2, -0.15) is 0 Å². The quantitative estimate of drug-likeness (QED) is 0.644. The predicted molar refractivity (Wildman–Crippen MR) is 58.9 cm³/mol. The van der Waals surface area contributed by atoms with E-state index in [0.29, 0.717) is 6.10 Å². The van der Waals surface area contributed by atoms with Gasteiger partial charge in [0.05, 0.1) is 11.9 Å². The van der Waals surface area contributed by atoms with Crippen molar-refractivity contribution < 1.29 is 4.74 Å². The molecule has 0 atom stereocenters. The van der Waals surface area contributed by atoms with Crippen molar-refractivity contribution in [2.45, 2.75) is 45.6 Å². The van der Waals surface area contributed by atoms with Crippen molar-refractivity contribution in [3.8, 4) is 0 Å². The van der Waals surface area contributed by atoms with Gasteiger partial charge in [0.2, 0.25) is 0 Å². The van der Waals surface area contributed by atoms with Crippen LogP contribution >= 0.6 is 0 Å². The smallest absolute Gasteiger partial charge is 0.0972 e. The highest BCUT2D eigenvalue weighted by molar-refractivity contribution is 5.42. The van der Waals surface area contributed by atoms with Crippen LogP contribution in [0.2, 0.25) is 0 Å². The summed E-state index contributed by atoms with van der Waals surface area (Å²) in [6.45, 7) is 4.17. The van der Waals surface area contributed by atoms with Gasteiger partial charge in [0.25, 0.3) is 0 Å². The van der Waals surface area contributed by atoms with Crippen LogP contribution in [0.4, 0.5) is 0 Å². The van der Waals surface area contributed by atoms with E-state index in [4.69, 9.17) is 4.74 Å². The van der Waals surface area contributed by atoms with Crippen LogP contribution < -0.4 is 0 Å². The minimum atomic E-state index is 0.302. The van der Waals surface area contributed by atoms with Gasteiger partial charge in [-0.15, -0.1) is 0 Å². The summed E-state index contributed by atoms with van der Waals surface area (Å²) in [5.41, 5.74) is 3.02. The summed E-state index contributed by atoms with van der Waals surface area (Å²) < 4.78 is 5.73. The number of hydrogen-bond acceptors (Lipinski definition) is 1. The highest BCUT2D eigenvalue weighted by atomic mass is 16.5. The van der Waals surface area contributed by atoms with Gasteiger partial charge >= 0.3 is 0 Å². The fourth-order valence-corrected chi connectivity index (χ4v) is 2.06. The number of allylic oxidation sites excluding steroid dienone is 6. The number of ether oxygens (including phenoxy) is 1. The van der Waals surface area contributed by atoms with Crippen molar-refractivity contribution in [1.82, 2.24) is 0 Å². The molecule has 0 spiro atoms.